The van der Waals surface area contributed by atoms with E-state index in [1.54, 1.807) is 22.8 Å². The molecule has 2 amide bonds. The molecule has 4 rings (SSSR count). The molecule has 1 atom stereocenters. The number of para-hydroxylation sites is 1. The molecule has 0 bridgehead atoms. The maximum atomic E-state index is 13.5. The summed E-state index contributed by atoms with van der Waals surface area (Å²) in [7, 11) is 0. The molecule has 0 unspecified atom stereocenters. The van der Waals surface area contributed by atoms with Crippen LogP contribution in [-0.2, 0) is 10.5 Å². The van der Waals surface area contributed by atoms with Gasteiger partial charge in [0.1, 0.15) is 16.7 Å². The number of thiazole rings is 2. The third-order valence-corrected chi connectivity index (χ3v) is 7.74. The van der Waals surface area contributed by atoms with E-state index in [4.69, 9.17) is 5.26 Å². The number of carbonyl (C=O) groups excluding carboxylic acids is 2. The zero-order valence-electron chi connectivity index (χ0n) is 15.9. The van der Waals surface area contributed by atoms with Gasteiger partial charge >= 0.3 is 0 Å². The largest absolute Gasteiger partial charge is 0.342 e. The maximum Gasteiger partial charge on any atom is 0.271 e. The molecule has 3 heterocycles. The molecule has 0 saturated carbocycles. The van der Waals surface area contributed by atoms with Crippen LogP contribution in [-0.4, -0.2) is 51.7 Å². The first kappa shape index (κ1) is 21.6. The molecule has 160 valence electrons. The Morgan fingerprint density at radius 1 is 1.35 bits per heavy atom. The fourth-order valence-corrected chi connectivity index (χ4v) is 5.92. The molecule has 0 radical (unpaired) electrons. The number of aromatic nitrogens is 2. The number of alkyl halides is 2. The standard InChI is InChI=1S/C19H15F2N5O2S3/c20-19(21)5-11(6-22)26(10-19)16(27)7-23-17(28)13-8-29-15(24-13)9-30-18-25-12-3-1-2-4-14(12)31-18/h1-4,8,11H,5,7,9-10H2,(H,23,28)/t11-/m0/s1. The van der Waals surface area contributed by atoms with E-state index < -0.39 is 43.3 Å². The minimum Gasteiger partial charge on any atom is -0.342 e. The monoisotopic (exact) mass is 479 g/mol. The van der Waals surface area contributed by atoms with Crippen molar-refractivity contribution in [2.24, 2.45) is 0 Å². The van der Waals surface area contributed by atoms with Crippen LogP contribution in [0.3, 0.4) is 0 Å². The fourth-order valence-electron chi connectivity index (χ4n) is 3.06. The molecule has 3 aromatic rings. The Morgan fingerprint density at radius 2 is 2.16 bits per heavy atom. The molecular formula is C19H15F2N5O2S3. The van der Waals surface area contributed by atoms with Crippen LogP contribution < -0.4 is 5.32 Å². The lowest BCUT2D eigenvalue weighted by Crippen LogP contribution is -2.43. The van der Waals surface area contributed by atoms with Crippen molar-refractivity contribution in [3.63, 3.8) is 0 Å². The van der Waals surface area contributed by atoms with Crippen LogP contribution >= 0.6 is 34.4 Å². The minimum atomic E-state index is -3.09. The van der Waals surface area contributed by atoms with E-state index >= 15 is 0 Å². The predicted molar refractivity (Wildman–Crippen MR) is 114 cm³/mol. The van der Waals surface area contributed by atoms with Crippen LogP contribution in [0.5, 0.6) is 0 Å². The number of nitriles is 1. The van der Waals surface area contributed by atoms with Crippen molar-refractivity contribution >= 4 is 56.5 Å². The summed E-state index contributed by atoms with van der Waals surface area (Å²) in [6.07, 6.45) is -0.690. The second-order valence-electron chi connectivity index (χ2n) is 6.77. The third-order valence-electron chi connectivity index (χ3n) is 4.52. The van der Waals surface area contributed by atoms with Crippen LogP contribution in [0.4, 0.5) is 8.78 Å². The number of amides is 2. The number of fused-ring (bicyclic) bond motifs is 1. The lowest BCUT2D eigenvalue weighted by Gasteiger charge is -2.19. The van der Waals surface area contributed by atoms with Crippen LogP contribution in [0, 0.1) is 11.3 Å². The quantitative estimate of drug-likeness (QED) is 0.543. The van der Waals surface area contributed by atoms with E-state index in [0.29, 0.717) is 5.75 Å². The van der Waals surface area contributed by atoms with Crippen molar-refractivity contribution in [2.45, 2.75) is 28.5 Å². The lowest BCUT2D eigenvalue weighted by atomic mass is 10.2. The summed E-state index contributed by atoms with van der Waals surface area (Å²) in [5.74, 6) is -3.84. The molecule has 0 spiro atoms. The molecule has 1 aromatic carbocycles. The average molecular weight is 480 g/mol. The molecule has 1 fully saturated rings. The van der Waals surface area contributed by atoms with E-state index in [-0.39, 0.29) is 5.69 Å². The Labute approximate surface area is 188 Å². The number of nitrogens with zero attached hydrogens (tertiary/aromatic N) is 4. The Hall–Kier alpha value is -2.62. The molecule has 1 aliphatic heterocycles. The summed E-state index contributed by atoms with van der Waals surface area (Å²) >= 11 is 4.42. The van der Waals surface area contributed by atoms with Gasteiger partial charge < -0.3 is 10.2 Å². The van der Waals surface area contributed by atoms with Gasteiger partial charge in [0.15, 0.2) is 4.34 Å². The first-order valence-electron chi connectivity index (χ1n) is 9.12. The van der Waals surface area contributed by atoms with E-state index in [9.17, 15) is 18.4 Å². The van der Waals surface area contributed by atoms with Crippen LogP contribution in [0.2, 0.25) is 0 Å². The van der Waals surface area contributed by atoms with E-state index in [0.717, 1.165) is 24.5 Å². The Kier molecular flexibility index (Phi) is 6.17. The topological polar surface area (TPSA) is 99.0 Å². The molecule has 12 heteroatoms. The number of benzene rings is 1. The van der Waals surface area contributed by atoms with Gasteiger partial charge in [-0.25, -0.2) is 18.7 Å². The predicted octanol–water partition coefficient (Wildman–Crippen LogP) is 3.53. The molecular weight excluding hydrogens is 464 g/mol. The number of likely N-dealkylation sites (tertiary alicyclic amines) is 1. The summed E-state index contributed by atoms with van der Waals surface area (Å²) in [6, 6.07) is 8.36. The number of hydrogen-bond donors (Lipinski definition) is 1. The Morgan fingerprint density at radius 3 is 2.94 bits per heavy atom. The molecule has 1 N–H and O–H groups in total. The van der Waals surface area contributed by atoms with Crippen LogP contribution in [0.15, 0.2) is 34.0 Å². The molecule has 7 nitrogen and oxygen atoms in total. The zero-order valence-corrected chi connectivity index (χ0v) is 18.3. The van der Waals surface area contributed by atoms with Crippen LogP contribution in [0.1, 0.15) is 21.9 Å². The SMILES string of the molecule is N#C[C@@H]1CC(F)(F)CN1C(=O)CNC(=O)c1csc(CSc2nc3ccccc3s2)n1. The Bertz CT molecular complexity index is 1140. The first-order valence-corrected chi connectivity index (χ1v) is 11.8. The minimum absolute atomic E-state index is 0.154. The van der Waals surface area contributed by atoms with Gasteiger partial charge in [0, 0.05) is 11.8 Å². The molecule has 1 saturated heterocycles. The average Bonchev–Trinajstić information content (AvgIpc) is 3.46. The van der Waals surface area contributed by atoms with Gasteiger partial charge in [0.2, 0.25) is 5.91 Å². The van der Waals surface area contributed by atoms with Crippen molar-refractivity contribution in [1.29, 1.82) is 5.26 Å². The molecule has 31 heavy (non-hydrogen) atoms. The van der Waals surface area contributed by atoms with Crippen molar-refractivity contribution in [3.05, 3.63) is 40.3 Å². The highest BCUT2D eigenvalue weighted by molar-refractivity contribution is 8.00. The fraction of sp³-hybridized carbons (Fsp3) is 0.316. The van der Waals surface area contributed by atoms with Gasteiger partial charge in [-0.3, -0.25) is 9.59 Å². The summed E-state index contributed by atoms with van der Waals surface area (Å²) in [5, 5.41) is 13.7. The van der Waals surface area contributed by atoms with Gasteiger partial charge in [0.05, 0.1) is 35.1 Å². The van der Waals surface area contributed by atoms with Gasteiger partial charge in [-0.1, -0.05) is 23.9 Å². The summed E-state index contributed by atoms with van der Waals surface area (Å²) in [5.41, 5.74) is 1.09. The number of carbonyl (C=O) groups is 2. The molecule has 1 aliphatic rings. The van der Waals surface area contributed by atoms with Crippen LogP contribution in [0.25, 0.3) is 10.2 Å². The van der Waals surface area contributed by atoms with E-state index in [2.05, 4.69) is 15.3 Å². The van der Waals surface area contributed by atoms with Crippen molar-refractivity contribution in [2.75, 3.05) is 13.1 Å². The number of rotatable bonds is 6. The highest BCUT2D eigenvalue weighted by atomic mass is 32.2. The summed E-state index contributed by atoms with van der Waals surface area (Å²) in [6.45, 7) is -1.29. The third kappa shape index (κ3) is 5.00. The second-order valence-corrected chi connectivity index (χ2v) is 9.97. The molecule has 0 aliphatic carbocycles. The van der Waals surface area contributed by atoms with Crippen molar-refractivity contribution < 1.29 is 18.4 Å². The zero-order chi connectivity index (χ0) is 22.0. The van der Waals surface area contributed by atoms with Crippen molar-refractivity contribution in [3.8, 4) is 6.07 Å². The number of nitrogens with one attached hydrogen (secondary N) is 1. The normalized spacial score (nSPS) is 17.6. The van der Waals surface area contributed by atoms with Gasteiger partial charge in [-0.2, -0.15) is 5.26 Å². The van der Waals surface area contributed by atoms with E-state index in [1.165, 1.54) is 23.1 Å². The van der Waals surface area contributed by atoms with Crippen molar-refractivity contribution in [1.82, 2.24) is 20.2 Å². The second kappa shape index (κ2) is 8.86. The Balaban J connectivity index is 1.30. The number of hydrogen-bond acceptors (Lipinski definition) is 8. The van der Waals surface area contributed by atoms with Gasteiger partial charge in [-0.15, -0.1) is 22.7 Å². The highest BCUT2D eigenvalue weighted by Crippen LogP contribution is 2.32. The molecule has 2 aromatic heterocycles. The van der Waals surface area contributed by atoms with Gasteiger partial charge in [-0.05, 0) is 12.1 Å². The lowest BCUT2D eigenvalue weighted by molar-refractivity contribution is -0.131. The smallest absolute Gasteiger partial charge is 0.271 e. The van der Waals surface area contributed by atoms with E-state index in [1.807, 2.05) is 24.3 Å². The highest BCUT2D eigenvalue weighted by Gasteiger charge is 2.47. The number of halogens is 2. The first-order chi connectivity index (χ1) is 14.8. The summed E-state index contributed by atoms with van der Waals surface area (Å²) < 4.78 is 28.9. The number of thioether (sulfide) groups is 1. The maximum absolute atomic E-state index is 13.5. The summed E-state index contributed by atoms with van der Waals surface area (Å²) in [4.78, 5) is 34.1. The van der Waals surface area contributed by atoms with Gasteiger partial charge in [0.25, 0.3) is 11.8 Å².